The van der Waals surface area contributed by atoms with Gasteiger partial charge in [0, 0.05) is 24.3 Å². The fourth-order valence-electron chi connectivity index (χ4n) is 2.83. The third-order valence-corrected chi connectivity index (χ3v) is 4.18. The number of nitrogens with one attached hydrogen (secondary N) is 1. The zero-order valence-electron chi connectivity index (χ0n) is 12.5. The van der Waals surface area contributed by atoms with Gasteiger partial charge in [0.1, 0.15) is 0 Å². The molecular formula is C16H19ClN4O. The number of hydrogen-bond acceptors (Lipinski definition) is 3. The number of amides is 1. The molecule has 5 nitrogen and oxygen atoms in total. The van der Waals surface area contributed by atoms with E-state index in [0.717, 1.165) is 31.7 Å². The van der Waals surface area contributed by atoms with E-state index in [9.17, 15) is 4.79 Å². The molecule has 1 saturated heterocycles. The summed E-state index contributed by atoms with van der Waals surface area (Å²) in [4.78, 5) is 14.4. The maximum Gasteiger partial charge on any atom is 0.274 e. The van der Waals surface area contributed by atoms with Gasteiger partial charge in [0.15, 0.2) is 5.69 Å². The first-order valence-corrected chi connectivity index (χ1v) is 7.80. The van der Waals surface area contributed by atoms with Gasteiger partial charge in [-0.15, -0.1) is 0 Å². The van der Waals surface area contributed by atoms with Crippen LogP contribution in [0.2, 0.25) is 5.02 Å². The third-order valence-electron chi connectivity index (χ3n) is 3.95. The second-order valence-corrected chi connectivity index (χ2v) is 6.03. The summed E-state index contributed by atoms with van der Waals surface area (Å²) in [6.45, 7) is 2.54. The number of nitrogens with zero attached hydrogens (tertiary/aromatic N) is 3. The fraction of sp³-hybridized carbons (Fsp3) is 0.375. The van der Waals surface area contributed by atoms with Crippen LogP contribution < -0.4 is 5.32 Å². The monoisotopic (exact) mass is 318 g/mol. The minimum Gasteiger partial charge on any atom is -0.337 e. The van der Waals surface area contributed by atoms with Crippen LogP contribution in [0.25, 0.3) is 5.69 Å². The first kappa shape index (κ1) is 15.1. The third kappa shape index (κ3) is 3.15. The molecule has 1 atom stereocenters. The number of aromatic nitrogens is 2. The molecule has 1 aliphatic rings. The Morgan fingerprint density at radius 3 is 3.09 bits per heavy atom. The Kier molecular flexibility index (Phi) is 4.45. The minimum atomic E-state index is -0.000573. The van der Waals surface area contributed by atoms with Crippen LogP contribution in [0.1, 0.15) is 16.9 Å². The van der Waals surface area contributed by atoms with Crippen LogP contribution in [0.3, 0.4) is 0 Å². The second-order valence-electron chi connectivity index (χ2n) is 5.59. The summed E-state index contributed by atoms with van der Waals surface area (Å²) in [5.74, 6) is 0.531. The van der Waals surface area contributed by atoms with Crippen LogP contribution in [0, 0.1) is 5.92 Å². The fourth-order valence-corrected chi connectivity index (χ4v) is 3.02. The summed E-state index contributed by atoms with van der Waals surface area (Å²) >= 11 is 5.99. The lowest BCUT2D eigenvalue weighted by Gasteiger charge is -2.15. The largest absolute Gasteiger partial charge is 0.337 e. The topological polar surface area (TPSA) is 50.2 Å². The van der Waals surface area contributed by atoms with Gasteiger partial charge in [-0.05, 0) is 50.2 Å². The average molecular weight is 319 g/mol. The highest BCUT2D eigenvalue weighted by atomic mass is 35.5. The molecule has 2 aromatic rings. The highest BCUT2D eigenvalue weighted by Crippen LogP contribution is 2.19. The molecule has 1 aliphatic heterocycles. The summed E-state index contributed by atoms with van der Waals surface area (Å²) in [6, 6.07) is 9.17. The molecule has 1 aromatic heterocycles. The van der Waals surface area contributed by atoms with E-state index >= 15 is 0 Å². The van der Waals surface area contributed by atoms with Gasteiger partial charge in [-0.3, -0.25) is 4.79 Å². The molecule has 1 fully saturated rings. The van der Waals surface area contributed by atoms with Crippen molar-refractivity contribution in [3.63, 3.8) is 0 Å². The smallest absolute Gasteiger partial charge is 0.274 e. The van der Waals surface area contributed by atoms with Gasteiger partial charge in [-0.25, -0.2) is 4.68 Å². The summed E-state index contributed by atoms with van der Waals surface area (Å²) in [6.07, 6.45) is 2.83. The Hall–Kier alpha value is -1.85. The lowest BCUT2D eigenvalue weighted by molar-refractivity contribution is 0.0781. The van der Waals surface area contributed by atoms with Crippen LogP contribution in [0.5, 0.6) is 0 Å². The summed E-state index contributed by atoms with van der Waals surface area (Å²) in [5, 5.41) is 8.21. The summed E-state index contributed by atoms with van der Waals surface area (Å²) < 4.78 is 1.68. The van der Waals surface area contributed by atoms with Gasteiger partial charge >= 0.3 is 0 Å². The Morgan fingerprint density at radius 1 is 1.45 bits per heavy atom. The van der Waals surface area contributed by atoms with Crippen LogP contribution >= 0.6 is 11.6 Å². The Labute approximate surface area is 134 Å². The van der Waals surface area contributed by atoms with Crippen molar-refractivity contribution in [2.24, 2.45) is 5.92 Å². The SMILES string of the molecule is CNC[C@@H]1CCN(C(=O)c2ccn(-c3cccc(Cl)c3)n2)C1. The van der Waals surface area contributed by atoms with E-state index in [1.54, 1.807) is 16.9 Å². The number of halogens is 1. The first-order valence-electron chi connectivity index (χ1n) is 7.43. The highest BCUT2D eigenvalue weighted by Gasteiger charge is 2.27. The Bertz CT molecular complexity index is 670. The van der Waals surface area contributed by atoms with E-state index in [4.69, 9.17) is 11.6 Å². The van der Waals surface area contributed by atoms with Gasteiger partial charge in [-0.1, -0.05) is 17.7 Å². The zero-order chi connectivity index (χ0) is 15.5. The molecule has 22 heavy (non-hydrogen) atoms. The number of benzene rings is 1. The van der Waals surface area contributed by atoms with E-state index in [0.29, 0.717) is 16.6 Å². The quantitative estimate of drug-likeness (QED) is 0.940. The molecule has 1 aromatic carbocycles. The number of hydrogen-bond donors (Lipinski definition) is 1. The molecule has 1 N–H and O–H groups in total. The molecule has 0 bridgehead atoms. The molecule has 3 rings (SSSR count). The Morgan fingerprint density at radius 2 is 2.32 bits per heavy atom. The minimum absolute atomic E-state index is 0.000573. The molecule has 2 heterocycles. The maximum atomic E-state index is 12.5. The lowest BCUT2D eigenvalue weighted by atomic mass is 10.1. The van der Waals surface area contributed by atoms with Gasteiger partial charge in [-0.2, -0.15) is 5.10 Å². The van der Waals surface area contributed by atoms with Crippen LogP contribution in [-0.4, -0.2) is 47.3 Å². The van der Waals surface area contributed by atoms with Crippen molar-refractivity contribution in [1.29, 1.82) is 0 Å². The van der Waals surface area contributed by atoms with Gasteiger partial charge < -0.3 is 10.2 Å². The van der Waals surface area contributed by atoms with Crippen molar-refractivity contribution in [2.45, 2.75) is 6.42 Å². The van der Waals surface area contributed by atoms with Crippen molar-refractivity contribution in [3.8, 4) is 5.69 Å². The van der Waals surface area contributed by atoms with Crippen molar-refractivity contribution >= 4 is 17.5 Å². The molecule has 1 amide bonds. The van der Waals surface area contributed by atoms with E-state index < -0.39 is 0 Å². The number of rotatable bonds is 4. The van der Waals surface area contributed by atoms with E-state index in [2.05, 4.69) is 10.4 Å². The normalized spacial score (nSPS) is 17.9. The molecule has 0 radical (unpaired) electrons. The summed E-state index contributed by atoms with van der Waals surface area (Å²) in [5.41, 5.74) is 1.33. The average Bonchev–Trinajstić information content (AvgIpc) is 3.16. The maximum absolute atomic E-state index is 12.5. The van der Waals surface area contributed by atoms with E-state index in [1.165, 1.54) is 0 Å². The predicted molar refractivity (Wildman–Crippen MR) is 86.5 cm³/mol. The van der Waals surface area contributed by atoms with Crippen LogP contribution in [-0.2, 0) is 0 Å². The number of carbonyl (C=O) groups excluding carboxylic acids is 1. The van der Waals surface area contributed by atoms with Crippen molar-refractivity contribution in [3.05, 3.63) is 47.2 Å². The molecule has 6 heteroatoms. The molecule has 116 valence electrons. The molecule has 0 saturated carbocycles. The van der Waals surface area contributed by atoms with Gasteiger partial charge in [0.05, 0.1) is 5.69 Å². The van der Waals surface area contributed by atoms with Gasteiger partial charge in [0.25, 0.3) is 5.91 Å². The number of likely N-dealkylation sites (tertiary alicyclic amines) is 1. The zero-order valence-corrected chi connectivity index (χ0v) is 13.3. The van der Waals surface area contributed by atoms with Crippen molar-refractivity contribution in [1.82, 2.24) is 20.0 Å². The number of carbonyl (C=O) groups is 1. The summed E-state index contributed by atoms with van der Waals surface area (Å²) in [7, 11) is 1.94. The molecule has 0 unspecified atom stereocenters. The van der Waals surface area contributed by atoms with Crippen molar-refractivity contribution < 1.29 is 4.79 Å². The molecule has 0 aliphatic carbocycles. The highest BCUT2D eigenvalue weighted by molar-refractivity contribution is 6.30. The molecular weight excluding hydrogens is 300 g/mol. The van der Waals surface area contributed by atoms with Crippen LogP contribution in [0.4, 0.5) is 0 Å². The van der Waals surface area contributed by atoms with Crippen LogP contribution in [0.15, 0.2) is 36.5 Å². The lowest BCUT2D eigenvalue weighted by Crippen LogP contribution is -2.30. The first-order chi connectivity index (χ1) is 10.7. The predicted octanol–water partition coefficient (Wildman–Crippen LogP) is 2.21. The Balaban J connectivity index is 1.72. The van der Waals surface area contributed by atoms with E-state index in [-0.39, 0.29) is 5.91 Å². The molecule has 0 spiro atoms. The standard InChI is InChI=1S/C16H19ClN4O/c1-18-10-12-5-7-20(11-12)16(22)15-6-8-21(19-15)14-4-2-3-13(17)9-14/h2-4,6,8-9,12,18H,5,7,10-11H2,1H3/t12-/m0/s1. The van der Waals surface area contributed by atoms with Crippen molar-refractivity contribution in [2.75, 3.05) is 26.7 Å². The van der Waals surface area contributed by atoms with E-state index in [1.807, 2.05) is 36.2 Å². The van der Waals surface area contributed by atoms with Gasteiger partial charge in [0.2, 0.25) is 0 Å². The second kappa shape index (κ2) is 6.50.